The molecule has 6 nitrogen and oxygen atoms in total. The zero-order valence-electron chi connectivity index (χ0n) is 9.96. The summed E-state index contributed by atoms with van der Waals surface area (Å²) in [4.78, 5) is 10.5. The number of aliphatic carboxylic acids is 1. The molecule has 0 saturated heterocycles. The molecule has 1 aromatic carbocycles. The molecule has 0 aliphatic heterocycles. The number of aryl methyl sites for hydroxylation is 1. The van der Waals surface area contributed by atoms with Gasteiger partial charge in [-0.2, -0.15) is 4.72 Å². The van der Waals surface area contributed by atoms with E-state index in [0.29, 0.717) is 0 Å². The third-order valence-electron chi connectivity index (χ3n) is 2.28. The summed E-state index contributed by atoms with van der Waals surface area (Å²) < 4.78 is 26.0. The molecule has 0 aliphatic carbocycles. The summed E-state index contributed by atoms with van der Waals surface area (Å²) in [7, 11) is -3.70. The Labute approximate surface area is 106 Å². The van der Waals surface area contributed by atoms with Crippen LogP contribution in [0, 0.1) is 6.92 Å². The van der Waals surface area contributed by atoms with E-state index in [1.807, 2.05) is 0 Å². The largest absolute Gasteiger partial charge is 0.481 e. The van der Waals surface area contributed by atoms with Gasteiger partial charge in [0, 0.05) is 6.42 Å². The fourth-order valence-corrected chi connectivity index (χ4v) is 2.64. The van der Waals surface area contributed by atoms with Gasteiger partial charge in [0.05, 0.1) is 11.1 Å². The van der Waals surface area contributed by atoms with E-state index in [4.69, 9.17) is 10.8 Å². The zero-order valence-corrected chi connectivity index (χ0v) is 10.8. The zero-order chi connectivity index (χ0) is 13.8. The summed E-state index contributed by atoms with van der Waals surface area (Å²) >= 11 is 0. The van der Waals surface area contributed by atoms with Crippen molar-refractivity contribution in [3.05, 3.63) is 29.8 Å². The van der Waals surface area contributed by atoms with Crippen LogP contribution in [0.1, 0.15) is 18.4 Å². The highest BCUT2D eigenvalue weighted by Crippen LogP contribution is 2.11. The molecule has 1 rings (SSSR count). The van der Waals surface area contributed by atoms with Gasteiger partial charge in [0.2, 0.25) is 10.0 Å². The highest BCUT2D eigenvalue weighted by Gasteiger charge is 2.18. The lowest BCUT2D eigenvalue weighted by molar-refractivity contribution is -0.137. The Morgan fingerprint density at radius 1 is 1.50 bits per heavy atom. The summed E-state index contributed by atoms with van der Waals surface area (Å²) in [5, 5.41) is 8.48. The number of carboxylic acids is 1. The van der Waals surface area contributed by atoms with Crippen LogP contribution in [0.5, 0.6) is 0 Å². The first kappa shape index (κ1) is 14.6. The summed E-state index contributed by atoms with van der Waals surface area (Å²) in [6, 6.07) is 6.39. The number of carbonyl (C=O) groups is 1. The number of benzene rings is 1. The lowest BCUT2D eigenvalue weighted by Gasteiger charge is -2.13. The second-order valence-electron chi connectivity index (χ2n) is 3.98. The van der Waals surface area contributed by atoms with E-state index in [-0.39, 0.29) is 17.7 Å². The van der Waals surface area contributed by atoms with Crippen molar-refractivity contribution in [1.29, 1.82) is 0 Å². The molecule has 0 aromatic heterocycles. The Kier molecular flexibility index (Phi) is 4.83. The first-order valence-corrected chi connectivity index (χ1v) is 6.86. The van der Waals surface area contributed by atoms with Crippen LogP contribution in [-0.4, -0.2) is 25.7 Å². The van der Waals surface area contributed by atoms with Gasteiger partial charge in [-0.15, -0.1) is 0 Å². The van der Waals surface area contributed by atoms with E-state index in [2.05, 4.69) is 4.72 Å². The minimum Gasteiger partial charge on any atom is -0.481 e. The van der Waals surface area contributed by atoms with Gasteiger partial charge in [0.15, 0.2) is 0 Å². The number of hydrogen-bond donors (Lipinski definition) is 3. The van der Waals surface area contributed by atoms with Crippen molar-refractivity contribution in [3.63, 3.8) is 0 Å². The number of hydrogen-bond acceptors (Lipinski definition) is 4. The Morgan fingerprint density at radius 3 is 2.72 bits per heavy atom. The van der Waals surface area contributed by atoms with Crippen LogP contribution in [0.4, 0.5) is 0 Å². The van der Waals surface area contributed by atoms with E-state index >= 15 is 0 Å². The smallest absolute Gasteiger partial charge is 0.303 e. The maximum absolute atomic E-state index is 11.9. The van der Waals surface area contributed by atoms with Crippen LogP contribution in [0.15, 0.2) is 29.2 Å². The van der Waals surface area contributed by atoms with Crippen molar-refractivity contribution in [1.82, 2.24) is 4.72 Å². The average Bonchev–Trinajstić information content (AvgIpc) is 2.26. The molecule has 0 amide bonds. The Hall–Kier alpha value is -1.44. The van der Waals surface area contributed by atoms with Crippen molar-refractivity contribution >= 4 is 16.0 Å². The number of carboxylic acid groups (broad SMARTS) is 1. The number of sulfonamides is 1. The molecule has 18 heavy (non-hydrogen) atoms. The van der Waals surface area contributed by atoms with Gasteiger partial charge in [-0.3, -0.25) is 4.79 Å². The average molecular weight is 272 g/mol. The molecule has 0 aliphatic rings. The van der Waals surface area contributed by atoms with E-state index in [1.165, 1.54) is 12.1 Å². The lowest BCUT2D eigenvalue weighted by atomic mass is 10.2. The van der Waals surface area contributed by atoms with Crippen LogP contribution < -0.4 is 10.5 Å². The monoisotopic (exact) mass is 272 g/mol. The summed E-state index contributed by atoms with van der Waals surface area (Å²) in [5.74, 6) is -1.01. The van der Waals surface area contributed by atoms with Gasteiger partial charge in [0.1, 0.15) is 0 Å². The molecule has 7 heteroatoms. The van der Waals surface area contributed by atoms with Crippen molar-refractivity contribution in [2.24, 2.45) is 5.73 Å². The molecule has 0 unspecified atom stereocenters. The van der Waals surface area contributed by atoms with Gasteiger partial charge in [-0.05, 0) is 31.0 Å². The van der Waals surface area contributed by atoms with E-state index in [0.717, 1.165) is 5.56 Å². The van der Waals surface area contributed by atoms with Gasteiger partial charge >= 0.3 is 5.97 Å². The molecular formula is C11H16N2O4S. The van der Waals surface area contributed by atoms with Gasteiger partial charge in [-0.25, -0.2) is 8.42 Å². The molecule has 0 fully saturated rings. The molecule has 0 saturated carbocycles. The van der Waals surface area contributed by atoms with Crippen molar-refractivity contribution < 1.29 is 18.3 Å². The predicted octanol–water partition coefficient (Wildman–Crippen LogP) is 0.423. The molecular weight excluding hydrogens is 256 g/mol. The molecule has 4 N–H and O–H groups in total. The predicted molar refractivity (Wildman–Crippen MR) is 66.3 cm³/mol. The third kappa shape index (κ3) is 4.44. The molecule has 0 radical (unpaired) electrons. The first-order valence-electron chi connectivity index (χ1n) is 5.37. The second kappa shape index (κ2) is 5.94. The van der Waals surface area contributed by atoms with Crippen LogP contribution in [0.25, 0.3) is 0 Å². The Bertz CT molecular complexity index is 528. The number of rotatable bonds is 6. The summed E-state index contributed by atoms with van der Waals surface area (Å²) in [6.07, 6.45) is -1.05. The van der Waals surface area contributed by atoms with Crippen LogP contribution in [0.2, 0.25) is 0 Å². The van der Waals surface area contributed by atoms with E-state index in [1.54, 1.807) is 19.1 Å². The van der Waals surface area contributed by atoms with Gasteiger partial charge in [-0.1, -0.05) is 12.1 Å². The van der Waals surface area contributed by atoms with E-state index < -0.39 is 22.2 Å². The summed E-state index contributed by atoms with van der Waals surface area (Å²) in [5.41, 5.74) is 6.35. The standard InChI is InChI=1S/C11H16N2O4S/c1-8-3-2-4-9(7-8)18(16,17)13-10(12)5-6-11(14)15/h2-4,7,10,13H,5-6,12H2,1H3,(H,14,15)/t10-/m1/s1. The highest BCUT2D eigenvalue weighted by atomic mass is 32.2. The first-order chi connectivity index (χ1) is 8.31. The number of nitrogens with two attached hydrogens (primary N) is 1. The quantitative estimate of drug-likeness (QED) is 0.650. The molecule has 1 atom stereocenters. The fourth-order valence-electron chi connectivity index (χ4n) is 1.39. The summed E-state index contributed by atoms with van der Waals surface area (Å²) in [6.45, 7) is 1.78. The minimum absolute atomic E-state index is 0.0420. The highest BCUT2D eigenvalue weighted by molar-refractivity contribution is 7.89. The molecule has 0 bridgehead atoms. The SMILES string of the molecule is Cc1cccc(S(=O)(=O)N[C@@H](N)CCC(=O)O)c1. The minimum atomic E-state index is -3.70. The van der Waals surface area contributed by atoms with Gasteiger partial charge < -0.3 is 10.8 Å². The topological polar surface area (TPSA) is 109 Å². The lowest BCUT2D eigenvalue weighted by Crippen LogP contribution is -2.41. The molecule has 0 spiro atoms. The van der Waals surface area contributed by atoms with Crippen LogP contribution >= 0.6 is 0 Å². The van der Waals surface area contributed by atoms with E-state index in [9.17, 15) is 13.2 Å². The van der Waals surface area contributed by atoms with Gasteiger partial charge in [0.25, 0.3) is 0 Å². The normalized spacial score (nSPS) is 13.2. The maximum Gasteiger partial charge on any atom is 0.303 e. The molecule has 1 aromatic rings. The van der Waals surface area contributed by atoms with Crippen LogP contribution in [0.3, 0.4) is 0 Å². The molecule has 100 valence electrons. The van der Waals surface area contributed by atoms with Crippen LogP contribution in [-0.2, 0) is 14.8 Å². The third-order valence-corrected chi connectivity index (χ3v) is 3.76. The molecule has 0 heterocycles. The maximum atomic E-state index is 11.9. The van der Waals surface area contributed by atoms with Crippen molar-refractivity contribution in [2.45, 2.75) is 30.8 Å². The fraction of sp³-hybridized carbons (Fsp3) is 0.364. The van der Waals surface area contributed by atoms with Crippen molar-refractivity contribution in [3.8, 4) is 0 Å². The Morgan fingerprint density at radius 2 is 2.17 bits per heavy atom. The number of nitrogens with one attached hydrogen (secondary N) is 1. The second-order valence-corrected chi connectivity index (χ2v) is 5.69. The Balaban J connectivity index is 2.73. The van der Waals surface area contributed by atoms with Crippen molar-refractivity contribution in [2.75, 3.05) is 0 Å².